The van der Waals surface area contributed by atoms with E-state index in [9.17, 15) is 57.9 Å². The number of nitrogen functional groups attached to an aromatic ring is 1. The second-order valence-electron chi connectivity index (χ2n) is 23.4. The predicted molar refractivity (Wildman–Crippen MR) is 330 cm³/mol. The molecule has 2 aromatic heterocycles. The Bertz CT molecular complexity index is 2320. The first-order valence-corrected chi connectivity index (χ1v) is 37.1. The lowest BCUT2D eigenvalue weighted by Gasteiger charge is -2.30. The number of carbonyl (C=O) groups excluding carboxylic acids is 3. The fourth-order valence-corrected chi connectivity index (χ4v) is 13.7. The third-order valence-corrected chi connectivity index (χ3v) is 19.3. The quantitative estimate of drug-likeness (QED) is 0.0219. The molecule has 0 radical (unpaired) electrons. The molecule has 0 bridgehead atoms. The fourth-order valence-electron chi connectivity index (χ4n) is 10.2. The minimum atomic E-state index is -5.58. The van der Waals surface area contributed by atoms with Gasteiger partial charge in [0.2, 0.25) is 11.8 Å². The summed E-state index contributed by atoms with van der Waals surface area (Å²) in [6.45, 7) is 2.89. The van der Waals surface area contributed by atoms with Crippen LogP contribution >= 0.6 is 35.2 Å². The molecule has 24 nitrogen and oxygen atoms in total. The summed E-state index contributed by atoms with van der Waals surface area (Å²) < 4.78 is 62.7. The number of anilines is 1. The van der Waals surface area contributed by atoms with Crippen LogP contribution in [-0.2, 0) is 50.7 Å². The average Bonchev–Trinajstić information content (AvgIpc) is 2.05. The first kappa shape index (κ1) is 76.8. The highest BCUT2D eigenvalue weighted by molar-refractivity contribution is 8.13. The molecule has 10 N–H and O–H groups in total. The Morgan fingerprint density at radius 2 is 1.13 bits per heavy atom. The van der Waals surface area contributed by atoms with E-state index < -0.39 is 84.6 Å². The minimum Gasteiger partial charge on any atom is -0.386 e. The second kappa shape index (κ2) is 43.3. The Hall–Kier alpha value is -2.44. The van der Waals surface area contributed by atoms with Crippen LogP contribution in [0.2, 0.25) is 0 Å². The molecule has 7 atom stereocenters. The highest BCUT2D eigenvalue weighted by Crippen LogP contribution is 2.61. The summed E-state index contributed by atoms with van der Waals surface area (Å²) in [5.41, 5.74) is 4.31. The molecular weight excluding hydrogens is 1180 g/mol. The van der Waals surface area contributed by atoms with Gasteiger partial charge in [0, 0.05) is 37.1 Å². The van der Waals surface area contributed by atoms with Crippen LogP contribution in [0, 0.1) is 5.41 Å². The first-order chi connectivity index (χ1) is 40.6. The maximum atomic E-state index is 12.8. The van der Waals surface area contributed by atoms with Crippen LogP contribution < -0.4 is 16.4 Å². The average molecular weight is 1290 g/mol. The molecular formula is C57H106N7O17P3S. The number of aliphatic hydroxyl groups is 2. The summed E-state index contributed by atoms with van der Waals surface area (Å²) in [6.07, 6.45) is 38.4. The topological polar surface area (TPSA) is 364 Å². The van der Waals surface area contributed by atoms with Crippen molar-refractivity contribution in [2.24, 2.45) is 5.41 Å². The number of nitrogens with zero attached hydrogens (tertiary/aromatic N) is 4. The third kappa shape index (κ3) is 34.4. The van der Waals surface area contributed by atoms with Crippen molar-refractivity contribution in [3.8, 4) is 0 Å². The van der Waals surface area contributed by atoms with Crippen LogP contribution in [0.3, 0.4) is 0 Å². The number of aliphatic hydroxyl groups excluding tert-OH is 2. The Labute approximate surface area is 509 Å². The van der Waals surface area contributed by atoms with Crippen molar-refractivity contribution in [1.29, 1.82) is 0 Å². The van der Waals surface area contributed by atoms with Crippen LogP contribution in [0.15, 0.2) is 12.7 Å². The van der Waals surface area contributed by atoms with Gasteiger partial charge in [-0.2, -0.15) is 4.31 Å². The predicted octanol–water partition coefficient (Wildman–Crippen LogP) is 11.9. The van der Waals surface area contributed by atoms with Gasteiger partial charge in [-0.15, -0.1) is 0 Å². The number of fused-ring (bicyclic) bond motifs is 1. The molecule has 3 heterocycles. The molecule has 2 unspecified atom stereocenters. The van der Waals surface area contributed by atoms with Gasteiger partial charge in [0.05, 0.1) is 19.5 Å². The van der Waals surface area contributed by atoms with Crippen molar-refractivity contribution in [3.05, 3.63) is 12.7 Å². The lowest BCUT2D eigenvalue weighted by molar-refractivity contribution is -0.137. The number of amides is 2. The molecule has 0 aromatic carbocycles. The molecule has 1 aliphatic rings. The molecule has 1 aliphatic heterocycles. The van der Waals surface area contributed by atoms with E-state index in [1.165, 1.54) is 218 Å². The summed E-state index contributed by atoms with van der Waals surface area (Å²) >= 11 is 1.17. The number of hydrogen-bond acceptors (Lipinski definition) is 18. The maximum Gasteiger partial charge on any atom is 0.481 e. The Kier molecular flexibility index (Phi) is 39.1. The molecule has 0 saturated carbocycles. The number of carbonyl (C=O) groups is 3. The van der Waals surface area contributed by atoms with E-state index in [2.05, 4.69) is 41.3 Å². The molecule has 3 rings (SSSR count). The number of imidazole rings is 1. The van der Waals surface area contributed by atoms with Crippen molar-refractivity contribution in [3.63, 3.8) is 0 Å². The number of hydrogen-bond donors (Lipinski definition) is 9. The Balaban J connectivity index is 1.11. The highest BCUT2D eigenvalue weighted by atomic mass is 32.2. The number of thioether (sulfide) groups is 1. The number of nitrogens with one attached hydrogen (secondary N) is 2. The summed E-state index contributed by atoms with van der Waals surface area (Å²) in [4.78, 5) is 88.9. The van der Waals surface area contributed by atoms with Crippen LogP contribution in [-0.4, -0.2) is 123 Å². The zero-order valence-corrected chi connectivity index (χ0v) is 54.6. The first-order valence-electron chi connectivity index (χ1n) is 31.6. The van der Waals surface area contributed by atoms with Crippen molar-refractivity contribution in [2.45, 2.75) is 276 Å². The van der Waals surface area contributed by atoms with Gasteiger partial charge in [-0.25, -0.2) is 28.6 Å². The van der Waals surface area contributed by atoms with E-state index in [4.69, 9.17) is 19.5 Å². The third-order valence-electron chi connectivity index (χ3n) is 15.2. The van der Waals surface area contributed by atoms with E-state index in [1.54, 1.807) is 0 Å². The SMILES string of the molecule is CCCCCCCCCCCCCCCCCCCCCCCCCCCCCCCCCCCC(=O)SCCNC(=O)CCNC(=O)[C@H](O)C(C)(C)COP(=O)(O)OP(=O)(O)OC[C@H]1O[C@@H](n2cnc3c(N)ncnc32)[C@H](O)[C@@H]1OP(=O)(O)O. The standard InChI is InChI=1S/C57H106N7O17P3S/c1-4-5-6-7-8-9-10-11-12-13-14-15-16-17-18-19-20-21-22-23-24-25-26-27-28-29-30-31-32-33-34-35-36-37-48(66)85-41-40-59-47(65)38-39-60-55(69)52(68)57(2,3)43-78-84(75,76)81-83(73,74)77-42-46-51(80-82(70,71)72)50(67)56(79-46)64-45-63-49-53(58)61-44-62-54(49)64/h44-46,50-52,56,67-68H,4-43H2,1-3H3,(H,59,65)(H,60,69)(H,73,74)(H,75,76)(H2,58,61,62)(H2,70,71,72)/t46-,50-,51-,52+,56-/m1/s1. The van der Waals surface area contributed by atoms with E-state index in [0.29, 0.717) is 12.2 Å². The maximum absolute atomic E-state index is 12.8. The smallest absolute Gasteiger partial charge is 0.386 e. The van der Waals surface area contributed by atoms with Crippen molar-refractivity contribution < 1.29 is 80.5 Å². The molecule has 0 aliphatic carbocycles. The Morgan fingerprint density at radius 3 is 1.60 bits per heavy atom. The molecule has 492 valence electrons. The number of unbranched alkanes of at least 4 members (excludes halogenated alkanes) is 32. The fraction of sp³-hybridized carbons (Fsp3) is 0.860. The van der Waals surface area contributed by atoms with Crippen molar-refractivity contribution in [1.82, 2.24) is 30.2 Å². The lowest BCUT2D eigenvalue weighted by Crippen LogP contribution is -2.46. The molecule has 2 amide bonds. The highest BCUT2D eigenvalue weighted by Gasteiger charge is 2.50. The van der Waals surface area contributed by atoms with Gasteiger partial charge in [-0.05, 0) is 6.42 Å². The van der Waals surface area contributed by atoms with Crippen LogP contribution in [0.4, 0.5) is 5.82 Å². The summed E-state index contributed by atoms with van der Waals surface area (Å²) in [6, 6.07) is 0. The molecule has 1 fully saturated rings. The van der Waals surface area contributed by atoms with Crippen molar-refractivity contribution >= 4 is 69.1 Å². The lowest BCUT2D eigenvalue weighted by atomic mass is 9.87. The van der Waals surface area contributed by atoms with E-state index in [0.717, 1.165) is 36.5 Å². The van der Waals surface area contributed by atoms with Gasteiger partial charge in [0.1, 0.15) is 36.3 Å². The summed E-state index contributed by atoms with van der Waals surface area (Å²) in [5.74, 6) is -1.01. The summed E-state index contributed by atoms with van der Waals surface area (Å²) in [5, 5.41) is 26.8. The second-order valence-corrected chi connectivity index (χ2v) is 28.7. The van der Waals surface area contributed by atoms with Gasteiger partial charge < -0.3 is 50.9 Å². The van der Waals surface area contributed by atoms with E-state index >= 15 is 0 Å². The molecule has 0 spiro atoms. The van der Waals surface area contributed by atoms with Crippen LogP contribution in [0.5, 0.6) is 0 Å². The molecule has 1 saturated heterocycles. The van der Waals surface area contributed by atoms with Gasteiger partial charge in [-0.1, -0.05) is 238 Å². The number of nitrogens with two attached hydrogens (primary N) is 1. The largest absolute Gasteiger partial charge is 0.481 e. The number of aromatic nitrogens is 4. The number of ether oxygens (including phenoxy) is 1. The van der Waals surface area contributed by atoms with Gasteiger partial charge >= 0.3 is 23.5 Å². The number of phosphoric ester groups is 3. The van der Waals surface area contributed by atoms with Crippen LogP contribution in [0.1, 0.15) is 252 Å². The van der Waals surface area contributed by atoms with E-state index in [-0.39, 0.29) is 41.6 Å². The minimum absolute atomic E-state index is 0.0354. The number of phosphoric acid groups is 3. The normalized spacial score (nSPS) is 18.4. The molecule has 2 aromatic rings. The van der Waals surface area contributed by atoms with Gasteiger partial charge in [-0.3, -0.25) is 32.5 Å². The Morgan fingerprint density at radius 1 is 0.671 bits per heavy atom. The van der Waals surface area contributed by atoms with E-state index in [1.807, 2.05) is 0 Å². The number of rotatable bonds is 53. The monoisotopic (exact) mass is 1290 g/mol. The van der Waals surface area contributed by atoms with Gasteiger partial charge in [0.25, 0.3) is 0 Å². The van der Waals surface area contributed by atoms with Crippen molar-refractivity contribution in [2.75, 3.05) is 37.8 Å². The summed E-state index contributed by atoms with van der Waals surface area (Å²) in [7, 11) is -16.4. The van der Waals surface area contributed by atoms with Gasteiger partial charge in [0.15, 0.2) is 22.8 Å². The zero-order chi connectivity index (χ0) is 62.4. The zero-order valence-electron chi connectivity index (χ0n) is 51.1. The molecule has 85 heavy (non-hydrogen) atoms. The van der Waals surface area contributed by atoms with Crippen LogP contribution in [0.25, 0.3) is 11.2 Å². The molecule has 28 heteroatoms.